The summed E-state index contributed by atoms with van der Waals surface area (Å²) in [6, 6.07) is 8.90. The molecule has 0 saturated heterocycles. The summed E-state index contributed by atoms with van der Waals surface area (Å²) in [6.07, 6.45) is -3.28. The van der Waals surface area contributed by atoms with Crippen LogP contribution in [0, 0.1) is 5.92 Å². The van der Waals surface area contributed by atoms with Crippen LogP contribution >= 0.6 is 12.6 Å². The quantitative estimate of drug-likeness (QED) is 0.397. The second-order valence-corrected chi connectivity index (χ2v) is 11.7. The fourth-order valence-electron chi connectivity index (χ4n) is 3.44. The van der Waals surface area contributed by atoms with Crippen molar-refractivity contribution >= 4 is 28.4 Å². The van der Waals surface area contributed by atoms with Gasteiger partial charge in [0, 0.05) is 18.1 Å². The maximum absolute atomic E-state index is 14.0. The maximum Gasteiger partial charge on any atom is 0.407 e. The van der Waals surface area contributed by atoms with Crippen LogP contribution in [0.15, 0.2) is 53.4 Å². The smallest absolute Gasteiger partial charge is 0.354 e. The van der Waals surface area contributed by atoms with E-state index in [1.807, 2.05) is 13.8 Å². The van der Waals surface area contributed by atoms with Crippen LogP contribution in [-0.4, -0.2) is 44.6 Å². The molecule has 0 aromatic heterocycles. The van der Waals surface area contributed by atoms with E-state index in [9.17, 15) is 26.4 Å². The van der Waals surface area contributed by atoms with Gasteiger partial charge in [0.05, 0.1) is 10.9 Å². The summed E-state index contributed by atoms with van der Waals surface area (Å²) >= 11 is 4.20. The molecule has 188 valence electrons. The van der Waals surface area contributed by atoms with Crippen molar-refractivity contribution in [2.45, 2.75) is 55.6 Å². The van der Waals surface area contributed by atoms with Gasteiger partial charge in [-0.3, -0.25) is 10.1 Å². The predicted octanol–water partition coefficient (Wildman–Crippen LogP) is 4.80. The number of halogens is 3. The molecule has 0 aliphatic rings. The van der Waals surface area contributed by atoms with E-state index in [-0.39, 0.29) is 34.6 Å². The third-order valence-electron chi connectivity index (χ3n) is 5.15. The number of hydrogen-bond acceptors (Lipinski definition) is 5. The highest BCUT2D eigenvalue weighted by molar-refractivity contribution is 7.90. The van der Waals surface area contributed by atoms with Gasteiger partial charge in [-0.15, -0.1) is 0 Å². The van der Waals surface area contributed by atoms with Gasteiger partial charge < -0.3 is 5.32 Å². The molecule has 3 atom stereocenters. The largest absolute Gasteiger partial charge is 0.407 e. The van der Waals surface area contributed by atoms with Gasteiger partial charge in [-0.25, -0.2) is 8.42 Å². The molecule has 1 amide bonds. The predicted molar refractivity (Wildman–Crippen MR) is 132 cm³/mol. The number of sulfone groups is 1. The molecule has 2 aromatic carbocycles. The second kappa shape index (κ2) is 11.6. The van der Waals surface area contributed by atoms with Crippen LogP contribution in [0.2, 0.25) is 0 Å². The van der Waals surface area contributed by atoms with Crippen LogP contribution in [0.5, 0.6) is 0 Å². The zero-order valence-corrected chi connectivity index (χ0v) is 21.3. The molecule has 0 aliphatic carbocycles. The molecule has 0 heterocycles. The van der Waals surface area contributed by atoms with Crippen molar-refractivity contribution in [3.05, 3.63) is 54.1 Å². The summed E-state index contributed by atoms with van der Waals surface area (Å²) in [5.74, 6) is -0.491. The molecule has 10 heteroatoms. The Bertz CT molecular complexity index is 1050. The summed E-state index contributed by atoms with van der Waals surface area (Å²) < 4.78 is 65.2. The molecule has 2 rings (SSSR count). The molecule has 5 nitrogen and oxygen atoms in total. The van der Waals surface area contributed by atoms with E-state index < -0.39 is 34.0 Å². The number of nitrogens with one attached hydrogen (secondary N) is 2. The highest BCUT2D eigenvalue weighted by Gasteiger charge is 2.42. The standard InChI is InChI=1S/C24H31F3N2O3S2/c1-15(2)13-21(23(30)28-14-16(3)33)29-22(24(25,26)27)19-7-5-17(6-8-19)18-9-11-20(12-10-18)34(4,31)32/h5-12,15-16,21-22,29,33H,13-14H2,1-4H3,(H,28,30)/t16-,21+,22+/m1/s1. The summed E-state index contributed by atoms with van der Waals surface area (Å²) in [5.41, 5.74) is 1.30. The van der Waals surface area contributed by atoms with Crippen molar-refractivity contribution in [3.8, 4) is 11.1 Å². The van der Waals surface area contributed by atoms with Gasteiger partial charge in [-0.2, -0.15) is 25.8 Å². The number of carbonyl (C=O) groups excluding carboxylic acids is 1. The zero-order valence-electron chi connectivity index (χ0n) is 19.6. The van der Waals surface area contributed by atoms with Gasteiger partial charge in [0.2, 0.25) is 5.91 Å². The molecule has 0 spiro atoms. The summed E-state index contributed by atoms with van der Waals surface area (Å²) in [6.45, 7) is 5.72. The molecular formula is C24H31F3N2O3S2. The molecule has 0 radical (unpaired) electrons. The van der Waals surface area contributed by atoms with Crippen molar-refractivity contribution in [1.29, 1.82) is 0 Å². The van der Waals surface area contributed by atoms with Crippen LogP contribution in [0.1, 0.15) is 38.8 Å². The molecule has 34 heavy (non-hydrogen) atoms. The lowest BCUT2D eigenvalue weighted by Crippen LogP contribution is -2.50. The van der Waals surface area contributed by atoms with E-state index >= 15 is 0 Å². The van der Waals surface area contributed by atoms with E-state index in [2.05, 4.69) is 23.3 Å². The monoisotopic (exact) mass is 516 g/mol. The van der Waals surface area contributed by atoms with Crippen molar-refractivity contribution in [1.82, 2.24) is 10.6 Å². The fourth-order valence-corrected chi connectivity index (χ4v) is 4.16. The molecule has 0 bridgehead atoms. The summed E-state index contributed by atoms with van der Waals surface area (Å²) in [4.78, 5) is 12.8. The van der Waals surface area contributed by atoms with Crippen molar-refractivity contribution < 1.29 is 26.4 Å². The number of amides is 1. The number of carbonyl (C=O) groups is 1. The summed E-state index contributed by atoms with van der Waals surface area (Å²) in [7, 11) is -3.34. The van der Waals surface area contributed by atoms with Crippen LogP contribution in [-0.2, 0) is 14.6 Å². The first kappa shape index (κ1) is 28.2. The lowest BCUT2D eigenvalue weighted by atomic mass is 9.97. The highest BCUT2D eigenvalue weighted by Crippen LogP contribution is 2.34. The topological polar surface area (TPSA) is 75.3 Å². The van der Waals surface area contributed by atoms with Crippen molar-refractivity contribution in [2.75, 3.05) is 12.8 Å². The van der Waals surface area contributed by atoms with E-state index in [0.29, 0.717) is 11.1 Å². The molecule has 0 unspecified atom stereocenters. The molecule has 2 N–H and O–H groups in total. The Hall–Kier alpha value is -2.04. The molecular weight excluding hydrogens is 485 g/mol. The molecule has 0 saturated carbocycles. The van der Waals surface area contributed by atoms with E-state index in [0.717, 1.165) is 6.26 Å². The number of hydrogen-bond donors (Lipinski definition) is 3. The second-order valence-electron chi connectivity index (χ2n) is 8.84. The Kier molecular flexibility index (Phi) is 9.62. The lowest BCUT2D eigenvalue weighted by molar-refractivity contribution is -0.161. The average molecular weight is 517 g/mol. The van der Waals surface area contributed by atoms with Gasteiger partial charge >= 0.3 is 6.18 Å². The Balaban J connectivity index is 2.29. The Labute approximate surface area is 204 Å². The van der Waals surface area contributed by atoms with Gasteiger partial charge in [0.15, 0.2) is 9.84 Å². The van der Waals surface area contributed by atoms with Crippen LogP contribution in [0.3, 0.4) is 0 Å². The zero-order chi connectivity index (χ0) is 25.7. The highest BCUT2D eigenvalue weighted by atomic mass is 32.2. The van der Waals surface area contributed by atoms with Crippen LogP contribution in [0.25, 0.3) is 11.1 Å². The SMILES string of the molecule is CC(C)C[C@H](N[C@@H](c1ccc(-c2ccc(S(C)(=O)=O)cc2)cc1)C(F)(F)F)C(=O)NC[C@@H](C)S. The van der Waals surface area contributed by atoms with Gasteiger partial charge in [0.1, 0.15) is 6.04 Å². The Morgan fingerprint density at radius 3 is 1.88 bits per heavy atom. The number of benzene rings is 2. The minimum Gasteiger partial charge on any atom is -0.354 e. The normalized spacial score (nSPS) is 15.1. The van der Waals surface area contributed by atoms with E-state index in [1.165, 1.54) is 24.3 Å². The fraction of sp³-hybridized carbons (Fsp3) is 0.458. The van der Waals surface area contributed by atoms with Gasteiger partial charge in [0.25, 0.3) is 0 Å². The first-order valence-electron chi connectivity index (χ1n) is 10.9. The van der Waals surface area contributed by atoms with Crippen molar-refractivity contribution in [2.24, 2.45) is 5.92 Å². The van der Waals surface area contributed by atoms with E-state index in [4.69, 9.17) is 0 Å². The maximum atomic E-state index is 14.0. The third-order valence-corrected chi connectivity index (χ3v) is 6.46. The Morgan fingerprint density at radius 1 is 0.971 bits per heavy atom. The first-order valence-corrected chi connectivity index (χ1v) is 13.3. The molecule has 0 fully saturated rings. The van der Waals surface area contributed by atoms with Crippen LogP contribution < -0.4 is 10.6 Å². The van der Waals surface area contributed by atoms with Crippen LogP contribution in [0.4, 0.5) is 13.2 Å². The number of rotatable bonds is 10. The Morgan fingerprint density at radius 2 is 1.47 bits per heavy atom. The molecule has 2 aromatic rings. The number of alkyl halides is 3. The van der Waals surface area contributed by atoms with E-state index in [1.54, 1.807) is 31.2 Å². The summed E-state index contributed by atoms with van der Waals surface area (Å²) in [5, 5.41) is 5.05. The minimum absolute atomic E-state index is 0.00263. The third kappa shape index (κ3) is 8.32. The lowest BCUT2D eigenvalue weighted by Gasteiger charge is -2.28. The van der Waals surface area contributed by atoms with Crippen molar-refractivity contribution in [3.63, 3.8) is 0 Å². The van der Waals surface area contributed by atoms with Gasteiger partial charge in [-0.1, -0.05) is 57.2 Å². The molecule has 0 aliphatic heterocycles. The minimum atomic E-state index is -4.62. The number of thiol groups is 1. The average Bonchev–Trinajstić information content (AvgIpc) is 2.73. The first-order chi connectivity index (χ1) is 15.7. The van der Waals surface area contributed by atoms with Gasteiger partial charge in [-0.05, 0) is 41.2 Å².